The van der Waals surface area contributed by atoms with Gasteiger partial charge in [-0.25, -0.2) is 9.82 Å². The van der Waals surface area contributed by atoms with Crippen molar-refractivity contribution in [3.05, 3.63) is 59.1 Å². The van der Waals surface area contributed by atoms with Gasteiger partial charge in [0.1, 0.15) is 0 Å². The van der Waals surface area contributed by atoms with Crippen LogP contribution >= 0.6 is 0 Å². The molecular weight excluding hydrogens is 239 g/mol. The van der Waals surface area contributed by atoms with Gasteiger partial charge in [0, 0.05) is 12.6 Å². The summed E-state index contributed by atoms with van der Waals surface area (Å²) in [6.07, 6.45) is 3.98. The highest BCUT2D eigenvalue weighted by molar-refractivity contribution is 5.41. The lowest BCUT2D eigenvalue weighted by Gasteiger charge is -2.01. The van der Waals surface area contributed by atoms with Crippen LogP contribution in [0.1, 0.15) is 25.0 Å². The predicted molar refractivity (Wildman–Crippen MR) is 77.8 cm³/mol. The number of hydrogen-bond acceptors (Lipinski definition) is 2. The Hall–Kier alpha value is -2.05. The average molecular weight is 258 g/mol. The molecular formula is C16H19FN2. The predicted octanol–water partition coefficient (Wildman–Crippen LogP) is 3.08. The van der Waals surface area contributed by atoms with Gasteiger partial charge >= 0.3 is 0 Å². The van der Waals surface area contributed by atoms with E-state index in [2.05, 4.69) is 41.7 Å². The molecule has 1 aromatic rings. The molecule has 0 unspecified atom stereocenters. The zero-order valence-corrected chi connectivity index (χ0v) is 11.5. The Kier molecular flexibility index (Phi) is 6.42. The van der Waals surface area contributed by atoms with E-state index >= 15 is 0 Å². The fraction of sp³-hybridized carbons (Fsp3) is 0.250. The van der Waals surface area contributed by atoms with Crippen LogP contribution in [0.15, 0.2) is 47.9 Å². The minimum atomic E-state index is -0.260. The Morgan fingerprint density at radius 1 is 1.26 bits per heavy atom. The molecule has 0 radical (unpaired) electrons. The van der Waals surface area contributed by atoms with Crippen molar-refractivity contribution in [1.29, 1.82) is 0 Å². The van der Waals surface area contributed by atoms with E-state index in [1.807, 2.05) is 12.1 Å². The van der Waals surface area contributed by atoms with E-state index in [-0.39, 0.29) is 5.83 Å². The van der Waals surface area contributed by atoms with Crippen molar-refractivity contribution in [3.63, 3.8) is 0 Å². The molecule has 0 saturated carbocycles. The Bertz CT molecular complexity index is 512. The molecule has 19 heavy (non-hydrogen) atoms. The zero-order chi connectivity index (χ0) is 14.1. The van der Waals surface area contributed by atoms with Crippen LogP contribution in [-0.2, 0) is 6.42 Å². The summed E-state index contributed by atoms with van der Waals surface area (Å²) in [6.45, 7) is 3.51. The first-order valence-electron chi connectivity index (χ1n) is 6.23. The van der Waals surface area contributed by atoms with Crippen LogP contribution < -0.4 is 10.9 Å². The minimum Gasteiger partial charge on any atom is -0.314 e. The fourth-order valence-electron chi connectivity index (χ4n) is 1.41. The lowest BCUT2D eigenvalue weighted by Crippen LogP contribution is -2.25. The van der Waals surface area contributed by atoms with Crippen LogP contribution in [0.4, 0.5) is 4.39 Å². The summed E-state index contributed by atoms with van der Waals surface area (Å²) in [5, 5.41) is 0. The SMILES string of the molecule is CCc1ccc(C#C/C(=C/C=C(\C)F)NNC)cc1. The lowest BCUT2D eigenvalue weighted by molar-refractivity contribution is 0.640. The molecule has 0 fully saturated rings. The number of nitrogens with one attached hydrogen (secondary N) is 2. The molecule has 100 valence electrons. The van der Waals surface area contributed by atoms with Crippen molar-refractivity contribution < 1.29 is 4.39 Å². The molecule has 0 aliphatic heterocycles. The summed E-state index contributed by atoms with van der Waals surface area (Å²) in [4.78, 5) is 0. The van der Waals surface area contributed by atoms with Crippen molar-refractivity contribution >= 4 is 0 Å². The largest absolute Gasteiger partial charge is 0.314 e. The Morgan fingerprint density at radius 2 is 1.95 bits per heavy atom. The first-order chi connectivity index (χ1) is 9.15. The Morgan fingerprint density at radius 3 is 2.47 bits per heavy atom. The van der Waals surface area contributed by atoms with Gasteiger partial charge < -0.3 is 5.43 Å². The van der Waals surface area contributed by atoms with Gasteiger partial charge in [0.2, 0.25) is 0 Å². The second-order valence-electron chi connectivity index (χ2n) is 4.01. The first-order valence-corrected chi connectivity index (χ1v) is 6.23. The van der Waals surface area contributed by atoms with Gasteiger partial charge in [-0.3, -0.25) is 0 Å². The van der Waals surface area contributed by atoms with Crippen molar-refractivity contribution in [2.45, 2.75) is 20.3 Å². The fourth-order valence-corrected chi connectivity index (χ4v) is 1.41. The number of benzene rings is 1. The maximum Gasteiger partial charge on any atom is 0.1000 e. The van der Waals surface area contributed by atoms with Crippen LogP contribution in [-0.4, -0.2) is 7.05 Å². The highest BCUT2D eigenvalue weighted by Gasteiger charge is 1.91. The van der Waals surface area contributed by atoms with E-state index in [1.54, 1.807) is 13.1 Å². The molecule has 0 spiro atoms. The zero-order valence-electron chi connectivity index (χ0n) is 11.5. The number of allylic oxidation sites excluding steroid dienone is 4. The van der Waals surface area contributed by atoms with Crippen LogP contribution in [0, 0.1) is 11.8 Å². The number of hydrogen-bond donors (Lipinski definition) is 2. The third-order valence-corrected chi connectivity index (χ3v) is 2.44. The van der Waals surface area contributed by atoms with Gasteiger partial charge in [0.05, 0.1) is 11.5 Å². The van der Waals surface area contributed by atoms with Crippen molar-refractivity contribution in [2.75, 3.05) is 7.05 Å². The topological polar surface area (TPSA) is 24.1 Å². The van der Waals surface area contributed by atoms with Crippen molar-refractivity contribution in [3.8, 4) is 11.8 Å². The second-order valence-corrected chi connectivity index (χ2v) is 4.01. The van der Waals surface area contributed by atoms with Crippen molar-refractivity contribution in [1.82, 2.24) is 10.9 Å². The van der Waals surface area contributed by atoms with Gasteiger partial charge in [-0.1, -0.05) is 25.0 Å². The lowest BCUT2D eigenvalue weighted by atomic mass is 10.1. The highest BCUT2D eigenvalue weighted by atomic mass is 19.1. The van der Waals surface area contributed by atoms with Crippen LogP contribution in [0.5, 0.6) is 0 Å². The maximum absolute atomic E-state index is 12.7. The van der Waals surface area contributed by atoms with E-state index in [0.717, 1.165) is 12.0 Å². The number of hydrazine groups is 1. The average Bonchev–Trinajstić information content (AvgIpc) is 2.42. The second kappa shape index (κ2) is 8.12. The molecule has 2 nitrogen and oxygen atoms in total. The third-order valence-electron chi connectivity index (χ3n) is 2.44. The van der Waals surface area contributed by atoms with Gasteiger partial charge in [-0.05, 0) is 49.1 Å². The summed E-state index contributed by atoms with van der Waals surface area (Å²) >= 11 is 0. The standard InChI is InChI=1S/C16H19FN2/c1-4-14-6-8-15(9-7-14)10-12-16(19-18-3)11-5-13(2)17/h5-9,11,18-19H,4H2,1-3H3/b13-5+,16-11-. The molecule has 0 amide bonds. The van der Waals surface area contributed by atoms with Gasteiger partial charge in [-0.15, -0.1) is 0 Å². The van der Waals surface area contributed by atoms with E-state index in [0.29, 0.717) is 5.70 Å². The third kappa shape index (κ3) is 5.89. The molecule has 3 heteroatoms. The van der Waals surface area contributed by atoms with E-state index in [4.69, 9.17) is 0 Å². The Balaban J connectivity index is 2.86. The monoisotopic (exact) mass is 258 g/mol. The van der Waals surface area contributed by atoms with Crippen LogP contribution in [0.25, 0.3) is 0 Å². The molecule has 0 heterocycles. The van der Waals surface area contributed by atoms with Crippen LogP contribution in [0.2, 0.25) is 0 Å². The van der Waals surface area contributed by atoms with E-state index < -0.39 is 0 Å². The van der Waals surface area contributed by atoms with E-state index in [1.165, 1.54) is 18.6 Å². The minimum absolute atomic E-state index is 0.260. The summed E-state index contributed by atoms with van der Waals surface area (Å²) < 4.78 is 12.7. The summed E-state index contributed by atoms with van der Waals surface area (Å²) in [5.74, 6) is 5.73. The van der Waals surface area contributed by atoms with Gasteiger partial charge in [0.25, 0.3) is 0 Å². The quantitative estimate of drug-likeness (QED) is 0.493. The molecule has 0 aliphatic carbocycles. The Labute approximate surface area is 114 Å². The molecule has 2 N–H and O–H groups in total. The number of aryl methyl sites for hydroxylation is 1. The molecule has 0 bridgehead atoms. The summed E-state index contributed by atoms with van der Waals surface area (Å²) in [7, 11) is 1.73. The number of halogens is 1. The van der Waals surface area contributed by atoms with Gasteiger partial charge in [0.15, 0.2) is 0 Å². The van der Waals surface area contributed by atoms with Crippen LogP contribution in [0.3, 0.4) is 0 Å². The van der Waals surface area contributed by atoms with Gasteiger partial charge in [-0.2, -0.15) is 0 Å². The molecule has 1 rings (SSSR count). The molecule has 0 aliphatic rings. The maximum atomic E-state index is 12.7. The van der Waals surface area contributed by atoms with Crippen molar-refractivity contribution in [2.24, 2.45) is 0 Å². The smallest absolute Gasteiger partial charge is 0.1000 e. The summed E-state index contributed by atoms with van der Waals surface area (Å²) in [5.41, 5.74) is 8.46. The normalized spacial score (nSPS) is 11.8. The highest BCUT2D eigenvalue weighted by Crippen LogP contribution is 2.04. The molecule has 0 aromatic heterocycles. The first kappa shape index (κ1) is 15.0. The summed E-state index contributed by atoms with van der Waals surface area (Å²) in [6, 6.07) is 8.09. The molecule has 0 saturated heterocycles. The number of rotatable bonds is 4. The molecule has 1 aromatic carbocycles. The molecule has 0 atom stereocenters. The van der Waals surface area contributed by atoms with E-state index in [9.17, 15) is 4.39 Å².